The normalized spacial score (nSPS) is 22.0. The Kier molecular flexibility index (Phi) is 3.83. The van der Waals surface area contributed by atoms with Crippen LogP contribution in [-0.4, -0.2) is 53.5 Å². The molecule has 1 saturated carbocycles. The molecule has 1 aromatic rings. The fourth-order valence-electron chi connectivity index (χ4n) is 2.29. The Bertz CT molecular complexity index is 562. The molecule has 112 valence electrons. The van der Waals surface area contributed by atoms with Gasteiger partial charge in [-0.05, 0) is 18.9 Å². The molecule has 2 amide bonds. The van der Waals surface area contributed by atoms with E-state index in [1.807, 2.05) is 0 Å². The first-order valence-electron chi connectivity index (χ1n) is 6.95. The second-order valence-electron chi connectivity index (χ2n) is 5.23. The molecule has 2 heterocycles. The molecule has 2 fully saturated rings. The summed E-state index contributed by atoms with van der Waals surface area (Å²) in [5.74, 6) is -1.43. The van der Waals surface area contributed by atoms with Crippen LogP contribution in [0.1, 0.15) is 23.2 Å². The third kappa shape index (κ3) is 3.02. The zero-order valence-corrected chi connectivity index (χ0v) is 11.4. The van der Waals surface area contributed by atoms with Crippen molar-refractivity contribution in [1.29, 1.82) is 0 Å². The van der Waals surface area contributed by atoms with E-state index >= 15 is 0 Å². The second kappa shape index (κ2) is 5.77. The van der Waals surface area contributed by atoms with Crippen LogP contribution in [0.3, 0.4) is 0 Å². The van der Waals surface area contributed by atoms with E-state index in [9.17, 15) is 14.0 Å². The smallest absolute Gasteiger partial charge is 0.257 e. The first-order chi connectivity index (χ1) is 10.2. The molecular formula is C14H16FN3O3. The fourth-order valence-corrected chi connectivity index (χ4v) is 2.29. The quantitative estimate of drug-likeness (QED) is 0.872. The zero-order chi connectivity index (χ0) is 14.8. The van der Waals surface area contributed by atoms with E-state index in [4.69, 9.17) is 4.74 Å². The monoisotopic (exact) mass is 293 g/mol. The summed E-state index contributed by atoms with van der Waals surface area (Å²) in [5, 5.41) is 2.86. The Morgan fingerprint density at radius 1 is 1.43 bits per heavy atom. The third-order valence-electron chi connectivity index (χ3n) is 3.62. The second-order valence-corrected chi connectivity index (χ2v) is 5.23. The molecular weight excluding hydrogens is 277 g/mol. The first kappa shape index (κ1) is 13.9. The van der Waals surface area contributed by atoms with E-state index in [2.05, 4.69) is 10.3 Å². The molecule has 1 aromatic heterocycles. The van der Waals surface area contributed by atoms with E-state index in [0.717, 1.165) is 19.0 Å². The van der Waals surface area contributed by atoms with Crippen molar-refractivity contribution in [3.05, 3.63) is 29.8 Å². The van der Waals surface area contributed by atoms with E-state index in [0.29, 0.717) is 6.61 Å². The molecule has 7 heteroatoms. The number of hydrogen-bond acceptors (Lipinski definition) is 4. The van der Waals surface area contributed by atoms with E-state index in [-0.39, 0.29) is 30.7 Å². The van der Waals surface area contributed by atoms with Crippen molar-refractivity contribution in [2.45, 2.75) is 24.9 Å². The highest BCUT2D eigenvalue weighted by Crippen LogP contribution is 2.20. The summed E-state index contributed by atoms with van der Waals surface area (Å²) in [7, 11) is 0. The number of carbonyl (C=O) groups is 2. The molecule has 0 radical (unpaired) electrons. The molecule has 1 aliphatic carbocycles. The fraction of sp³-hybridized carbons (Fsp3) is 0.500. The van der Waals surface area contributed by atoms with Crippen molar-refractivity contribution in [1.82, 2.24) is 15.2 Å². The van der Waals surface area contributed by atoms with Crippen LogP contribution in [-0.2, 0) is 9.53 Å². The van der Waals surface area contributed by atoms with Crippen molar-refractivity contribution in [3.63, 3.8) is 0 Å². The van der Waals surface area contributed by atoms with Crippen LogP contribution in [0, 0.1) is 5.82 Å². The molecule has 21 heavy (non-hydrogen) atoms. The SMILES string of the molecule is O=C(NC1CC1)C1COCCN1C(=O)c1ccncc1F. The molecule has 1 unspecified atom stereocenters. The minimum absolute atomic E-state index is 0.0730. The summed E-state index contributed by atoms with van der Waals surface area (Å²) in [6.07, 6.45) is 4.28. The van der Waals surface area contributed by atoms with Gasteiger partial charge in [-0.3, -0.25) is 14.6 Å². The van der Waals surface area contributed by atoms with E-state index in [1.54, 1.807) is 0 Å². The van der Waals surface area contributed by atoms with Gasteiger partial charge in [0, 0.05) is 18.8 Å². The number of nitrogens with one attached hydrogen (secondary N) is 1. The Hall–Kier alpha value is -2.02. The topological polar surface area (TPSA) is 71.5 Å². The van der Waals surface area contributed by atoms with Gasteiger partial charge < -0.3 is 15.0 Å². The summed E-state index contributed by atoms with van der Waals surface area (Å²) in [5.41, 5.74) is -0.0730. The van der Waals surface area contributed by atoms with Gasteiger partial charge in [0.25, 0.3) is 5.91 Å². The van der Waals surface area contributed by atoms with E-state index < -0.39 is 17.8 Å². The maximum atomic E-state index is 13.7. The van der Waals surface area contributed by atoms with Crippen molar-refractivity contribution in [2.75, 3.05) is 19.8 Å². The maximum Gasteiger partial charge on any atom is 0.257 e. The van der Waals surface area contributed by atoms with Gasteiger partial charge in [-0.2, -0.15) is 0 Å². The Morgan fingerprint density at radius 2 is 2.24 bits per heavy atom. The average Bonchev–Trinajstić information content (AvgIpc) is 3.31. The van der Waals surface area contributed by atoms with Gasteiger partial charge in [-0.25, -0.2) is 4.39 Å². The van der Waals surface area contributed by atoms with Crippen LogP contribution in [0.25, 0.3) is 0 Å². The standard InChI is InChI=1S/C14H16FN3O3/c15-11-7-16-4-3-10(11)14(20)18-5-6-21-8-12(18)13(19)17-9-1-2-9/h3-4,7,9,12H,1-2,5-6,8H2,(H,17,19). The summed E-state index contributed by atoms with van der Waals surface area (Å²) < 4.78 is 19.0. The average molecular weight is 293 g/mol. The number of hydrogen-bond donors (Lipinski definition) is 1. The third-order valence-corrected chi connectivity index (χ3v) is 3.62. The predicted octanol–water partition coefficient (Wildman–Crippen LogP) is 0.340. The van der Waals surface area contributed by atoms with Crippen LogP contribution in [0.15, 0.2) is 18.5 Å². The molecule has 0 spiro atoms. The lowest BCUT2D eigenvalue weighted by Gasteiger charge is -2.34. The predicted molar refractivity (Wildman–Crippen MR) is 71.0 cm³/mol. The molecule has 1 saturated heterocycles. The lowest BCUT2D eigenvalue weighted by Crippen LogP contribution is -2.56. The maximum absolute atomic E-state index is 13.7. The Balaban J connectivity index is 1.78. The lowest BCUT2D eigenvalue weighted by molar-refractivity contribution is -0.130. The van der Waals surface area contributed by atoms with Crippen molar-refractivity contribution >= 4 is 11.8 Å². The molecule has 0 aromatic carbocycles. The molecule has 1 aliphatic heterocycles. The zero-order valence-electron chi connectivity index (χ0n) is 11.4. The largest absolute Gasteiger partial charge is 0.377 e. The van der Waals surface area contributed by atoms with E-state index in [1.165, 1.54) is 17.2 Å². The first-order valence-corrected chi connectivity index (χ1v) is 6.95. The van der Waals surface area contributed by atoms with Crippen LogP contribution in [0.2, 0.25) is 0 Å². The number of nitrogens with zero attached hydrogens (tertiary/aromatic N) is 2. The highest BCUT2D eigenvalue weighted by molar-refractivity contribution is 5.98. The molecule has 2 aliphatic rings. The number of halogens is 1. The number of carbonyl (C=O) groups excluding carboxylic acids is 2. The molecule has 1 N–H and O–H groups in total. The highest BCUT2D eigenvalue weighted by atomic mass is 19.1. The number of rotatable bonds is 3. The number of amides is 2. The Labute approximate surface area is 121 Å². The van der Waals surface area contributed by atoms with Gasteiger partial charge in [0.05, 0.1) is 25.0 Å². The highest BCUT2D eigenvalue weighted by Gasteiger charge is 2.36. The van der Waals surface area contributed by atoms with Gasteiger partial charge >= 0.3 is 0 Å². The van der Waals surface area contributed by atoms with Gasteiger partial charge in [-0.1, -0.05) is 0 Å². The van der Waals surface area contributed by atoms with Gasteiger partial charge in [-0.15, -0.1) is 0 Å². The number of ether oxygens (including phenoxy) is 1. The number of pyridine rings is 1. The molecule has 0 bridgehead atoms. The summed E-state index contributed by atoms with van der Waals surface area (Å²) in [4.78, 5) is 29.6. The Morgan fingerprint density at radius 3 is 2.95 bits per heavy atom. The number of morpholine rings is 1. The van der Waals surface area contributed by atoms with Crippen LogP contribution in [0.5, 0.6) is 0 Å². The van der Waals surface area contributed by atoms with Crippen LogP contribution < -0.4 is 5.32 Å². The summed E-state index contributed by atoms with van der Waals surface area (Å²) in [6.45, 7) is 0.742. The minimum atomic E-state index is -0.709. The molecule has 1 atom stereocenters. The lowest BCUT2D eigenvalue weighted by atomic mass is 10.1. The number of aromatic nitrogens is 1. The van der Waals surface area contributed by atoms with Gasteiger partial charge in [0.1, 0.15) is 6.04 Å². The summed E-state index contributed by atoms with van der Waals surface area (Å²) >= 11 is 0. The van der Waals surface area contributed by atoms with Crippen molar-refractivity contribution in [2.24, 2.45) is 0 Å². The van der Waals surface area contributed by atoms with Crippen molar-refractivity contribution < 1.29 is 18.7 Å². The molecule has 3 rings (SSSR count). The summed E-state index contributed by atoms with van der Waals surface area (Å²) in [6, 6.07) is 0.816. The van der Waals surface area contributed by atoms with Gasteiger partial charge in [0.15, 0.2) is 5.82 Å². The van der Waals surface area contributed by atoms with Crippen LogP contribution in [0.4, 0.5) is 4.39 Å². The molecule has 6 nitrogen and oxygen atoms in total. The van der Waals surface area contributed by atoms with Crippen molar-refractivity contribution in [3.8, 4) is 0 Å². The minimum Gasteiger partial charge on any atom is -0.377 e. The van der Waals surface area contributed by atoms with Gasteiger partial charge in [0.2, 0.25) is 5.91 Å². The van der Waals surface area contributed by atoms with Crippen LogP contribution >= 0.6 is 0 Å².